The SMILES string of the molecule is Cc1ccc(CC(=O)N2CCN(c3nc(C(C)(C)C)ns3)CC2)cc1. The molecule has 2 heterocycles. The Morgan fingerprint density at radius 1 is 1.12 bits per heavy atom. The number of nitrogens with zero attached hydrogens (tertiary/aromatic N) is 4. The molecule has 1 aliphatic heterocycles. The van der Waals surface area contributed by atoms with E-state index in [-0.39, 0.29) is 11.3 Å². The zero-order valence-electron chi connectivity index (χ0n) is 15.5. The van der Waals surface area contributed by atoms with E-state index < -0.39 is 0 Å². The molecule has 1 fully saturated rings. The molecule has 0 unspecified atom stereocenters. The van der Waals surface area contributed by atoms with Gasteiger partial charge in [0.05, 0.1) is 6.42 Å². The molecule has 0 aliphatic carbocycles. The van der Waals surface area contributed by atoms with Crippen molar-refractivity contribution >= 4 is 22.6 Å². The maximum atomic E-state index is 12.5. The lowest BCUT2D eigenvalue weighted by Crippen LogP contribution is -2.49. The molecule has 1 aliphatic rings. The van der Waals surface area contributed by atoms with Crippen molar-refractivity contribution in [2.75, 3.05) is 31.1 Å². The van der Waals surface area contributed by atoms with Crippen molar-refractivity contribution < 1.29 is 4.79 Å². The highest BCUT2D eigenvalue weighted by Gasteiger charge is 2.25. The van der Waals surface area contributed by atoms with Gasteiger partial charge < -0.3 is 9.80 Å². The van der Waals surface area contributed by atoms with Crippen LogP contribution in [0.15, 0.2) is 24.3 Å². The van der Waals surface area contributed by atoms with Gasteiger partial charge in [0.25, 0.3) is 0 Å². The Kier molecular flexibility index (Phi) is 5.08. The summed E-state index contributed by atoms with van der Waals surface area (Å²) in [5.41, 5.74) is 2.27. The van der Waals surface area contributed by atoms with E-state index in [0.29, 0.717) is 6.42 Å². The lowest BCUT2D eigenvalue weighted by molar-refractivity contribution is -0.130. The minimum absolute atomic E-state index is 0.0272. The van der Waals surface area contributed by atoms with Gasteiger partial charge in [0.15, 0.2) is 0 Å². The largest absolute Gasteiger partial charge is 0.343 e. The van der Waals surface area contributed by atoms with Crippen molar-refractivity contribution in [3.05, 3.63) is 41.2 Å². The number of anilines is 1. The van der Waals surface area contributed by atoms with Crippen LogP contribution in [-0.2, 0) is 16.6 Å². The summed E-state index contributed by atoms with van der Waals surface area (Å²) in [5.74, 6) is 1.10. The fourth-order valence-corrected chi connectivity index (χ4v) is 3.70. The van der Waals surface area contributed by atoms with Crippen LogP contribution in [-0.4, -0.2) is 46.3 Å². The fourth-order valence-electron chi connectivity index (χ4n) is 2.79. The predicted molar refractivity (Wildman–Crippen MR) is 102 cm³/mol. The van der Waals surface area contributed by atoms with Gasteiger partial charge in [-0.2, -0.15) is 4.37 Å². The molecule has 1 saturated heterocycles. The van der Waals surface area contributed by atoms with Crippen LogP contribution in [0.2, 0.25) is 0 Å². The summed E-state index contributed by atoms with van der Waals surface area (Å²) in [6.07, 6.45) is 0.479. The summed E-state index contributed by atoms with van der Waals surface area (Å²) in [5, 5.41) is 0.968. The number of aromatic nitrogens is 2. The molecule has 3 rings (SSSR count). The second-order valence-electron chi connectivity index (χ2n) is 7.68. The highest BCUT2D eigenvalue weighted by molar-refractivity contribution is 7.09. The number of hydrogen-bond donors (Lipinski definition) is 0. The average Bonchev–Trinajstić information content (AvgIpc) is 3.07. The van der Waals surface area contributed by atoms with E-state index in [1.165, 1.54) is 17.1 Å². The summed E-state index contributed by atoms with van der Waals surface area (Å²) >= 11 is 1.46. The number of amides is 1. The maximum absolute atomic E-state index is 12.5. The van der Waals surface area contributed by atoms with Gasteiger partial charge >= 0.3 is 0 Å². The second-order valence-corrected chi connectivity index (χ2v) is 8.41. The van der Waals surface area contributed by atoms with Crippen molar-refractivity contribution in [2.24, 2.45) is 0 Å². The number of benzene rings is 1. The number of hydrogen-bond acceptors (Lipinski definition) is 5. The zero-order chi connectivity index (χ0) is 18.0. The normalized spacial score (nSPS) is 15.5. The van der Waals surface area contributed by atoms with E-state index in [1.54, 1.807) is 0 Å². The molecule has 0 saturated carbocycles. The molecule has 5 nitrogen and oxygen atoms in total. The van der Waals surface area contributed by atoms with Gasteiger partial charge in [-0.15, -0.1) is 0 Å². The molecule has 25 heavy (non-hydrogen) atoms. The minimum atomic E-state index is -0.0272. The lowest BCUT2D eigenvalue weighted by atomic mass is 9.96. The fraction of sp³-hybridized carbons (Fsp3) is 0.526. The summed E-state index contributed by atoms with van der Waals surface area (Å²) in [7, 11) is 0. The number of carbonyl (C=O) groups excluding carboxylic acids is 1. The number of rotatable bonds is 3. The summed E-state index contributed by atoms with van der Waals surface area (Å²) in [6, 6.07) is 8.20. The summed E-state index contributed by atoms with van der Waals surface area (Å²) in [6.45, 7) is 11.6. The third-order valence-electron chi connectivity index (χ3n) is 4.46. The predicted octanol–water partition coefficient (Wildman–Crippen LogP) is 3.04. The Balaban J connectivity index is 1.55. The van der Waals surface area contributed by atoms with Crippen LogP contribution in [0.3, 0.4) is 0 Å². The van der Waals surface area contributed by atoms with Crippen molar-refractivity contribution in [1.82, 2.24) is 14.3 Å². The first-order valence-electron chi connectivity index (χ1n) is 8.75. The molecule has 1 aromatic heterocycles. The highest BCUT2D eigenvalue weighted by Crippen LogP contribution is 2.26. The zero-order valence-corrected chi connectivity index (χ0v) is 16.3. The van der Waals surface area contributed by atoms with Crippen molar-refractivity contribution in [1.29, 1.82) is 0 Å². The summed E-state index contributed by atoms with van der Waals surface area (Å²) < 4.78 is 4.49. The Labute approximate surface area is 153 Å². The van der Waals surface area contributed by atoms with Crippen LogP contribution in [0.4, 0.5) is 5.13 Å². The number of carbonyl (C=O) groups is 1. The van der Waals surface area contributed by atoms with Gasteiger partial charge in [0, 0.05) is 43.1 Å². The topological polar surface area (TPSA) is 49.3 Å². The Morgan fingerprint density at radius 3 is 2.32 bits per heavy atom. The Hall–Kier alpha value is -1.95. The van der Waals surface area contributed by atoms with E-state index >= 15 is 0 Å². The first-order valence-corrected chi connectivity index (χ1v) is 9.53. The third-order valence-corrected chi connectivity index (χ3v) is 5.24. The highest BCUT2D eigenvalue weighted by atomic mass is 32.1. The number of piperazine rings is 1. The molecule has 2 aromatic rings. The van der Waals surface area contributed by atoms with Crippen LogP contribution in [0, 0.1) is 6.92 Å². The molecule has 0 atom stereocenters. The van der Waals surface area contributed by atoms with Crippen LogP contribution in [0.5, 0.6) is 0 Å². The van der Waals surface area contributed by atoms with Crippen molar-refractivity contribution in [3.63, 3.8) is 0 Å². The number of aryl methyl sites for hydroxylation is 1. The first kappa shape index (κ1) is 17.9. The van der Waals surface area contributed by atoms with Gasteiger partial charge in [0.1, 0.15) is 5.82 Å². The van der Waals surface area contributed by atoms with Crippen LogP contribution in [0.25, 0.3) is 0 Å². The van der Waals surface area contributed by atoms with Crippen LogP contribution >= 0.6 is 11.5 Å². The molecule has 0 radical (unpaired) electrons. The van der Waals surface area contributed by atoms with Crippen molar-refractivity contribution in [3.8, 4) is 0 Å². The van der Waals surface area contributed by atoms with E-state index in [0.717, 1.165) is 42.7 Å². The Morgan fingerprint density at radius 2 is 1.76 bits per heavy atom. The first-order chi connectivity index (χ1) is 11.8. The van der Waals surface area contributed by atoms with E-state index in [2.05, 4.69) is 54.1 Å². The quantitative estimate of drug-likeness (QED) is 0.846. The maximum Gasteiger partial charge on any atom is 0.227 e. The van der Waals surface area contributed by atoms with Crippen LogP contribution < -0.4 is 4.90 Å². The second kappa shape index (κ2) is 7.12. The van der Waals surface area contributed by atoms with Gasteiger partial charge in [-0.1, -0.05) is 50.6 Å². The molecule has 1 aromatic carbocycles. The molecule has 0 spiro atoms. The Bertz CT molecular complexity index is 725. The molecule has 6 heteroatoms. The lowest BCUT2D eigenvalue weighted by Gasteiger charge is -2.34. The molecular weight excluding hydrogens is 332 g/mol. The summed E-state index contributed by atoms with van der Waals surface area (Å²) in [4.78, 5) is 21.4. The average molecular weight is 359 g/mol. The van der Waals surface area contributed by atoms with Gasteiger partial charge in [-0.25, -0.2) is 4.98 Å². The molecule has 134 valence electrons. The van der Waals surface area contributed by atoms with Crippen molar-refractivity contribution in [2.45, 2.75) is 39.5 Å². The van der Waals surface area contributed by atoms with E-state index in [1.807, 2.05) is 17.0 Å². The minimum Gasteiger partial charge on any atom is -0.343 e. The molecule has 0 bridgehead atoms. The standard InChI is InChI=1S/C19H26N4OS/c1-14-5-7-15(8-6-14)13-16(24)22-9-11-23(12-10-22)18-20-17(21-25-18)19(2,3)4/h5-8H,9-13H2,1-4H3. The van der Waals surface area contributed by atoms with Crippen LogP contribution in [0.1, 0.15) is 37.7 Å². The van der Waals surface area contributed by atoms with Gasteiger partial charge in [-0.05, 0) is 12.5 Å². The smallest absolute Gasteiger partial charge is 0.227 e. The molecule has 1 amide bonds. The monoisotopic (exact) mass is 358 g/mol. The third kappa shape index (κ3) is 4.37. The van der Waals surface area contributed by atoms with E-state index in [9.17, 15) is 4.79 Å². The van der Waals surface area contributed by atoms with E-state index in [4.69, 9.17) is 0 Å². The molecule has 0 N–H and O–H groups in total. The molecular formula is C19H26N4OS. The van der Waals surface area contributed by atoms with Gasteiger partial charge in [-0.3, -0.25) is 4.79 Å². The van der Waals surface area contributed by atoms with Gasteiger partial charge in [0.2, 0.25) is 11.0 Å².